The fourth-order valence-corrected chi connectivity index (χ4v) is 1.69. The quantitative estimate of drug-likeness (QED) is 0.578. The number of hydrazine groups is 1. The molecule has 2 rings (SSSR count). The fraction of sp³-hybridized carbons (Fsp3) is 0.250. The normalized spacial score (nSPS) is 12.9. The molecule has 2 aromatic heterocycles. The lowest BCUT2D eigenvalue weighted by molar-refractivity contribution is 0.529. The third kappa shape index (κ3) is 1.98. The summed E-state index contributed by atoms with van der Waals surface area (Å²) in [5.41, 5.74) is 4.65. The summed E-state index contributed by atoms with van der Waals surface area (Å²) in [5, 5.41) is 0. The Bertz CT molecular complexity index is 359. The van der Waals surface area contributed by atoms with Crippen LogP contribution in [0, 0.1) is 0 Å². The molecule has 0 fully saturated rings. The third-order valence-electron chi connectivity index (χ3n) is 1.96. The summed E-state index contributed by atoms with van der Waals surface area (Å²) < 4.78 is 13.0. The van der Waals surface area contributed by atoms with Crippen LogP contribution in [-0.2, 0) is 6.42 Å². The zero-order valence-electron chi connectivity index (χ0n) is 7.38. The van der Waals surface area contributed by atoms with Crippen LogP contribution in [0.25, 0.3) is 0 Å². The number of nitrogens with two attached hydrogens (primary N) is 1. The van der Waals surface area contributed by atoms with Gasteiger partial charge < -0.3 is 4.42 Å². The fourth-order valence-electron chi connectivity index (χ4n) is 1.22. The summed E-state index contributed by atoms with van der Waals surface area (Å²) in [5.74, 6) is 5.44. The Kier molecular flexibility index (Phi) is 2.87. The highest BCUT2D eigenvalue weighted by atomic mass is 32.1. The monoisotopic (exact) mass is 210 g/mol. The van der Waals surface area contributed by atoms with Gasteiger partial charge in [0.1, 0.15) is 0 Å². The van der Waals surface area contributed by atoms with Gasteiger partial charge in [0.2, 0.25) is 0 Å². The van der Waals surface area contributed by atoms with Gasteiger partial charge in [-0.3, -0.25) is 11.3 Å². The van der Waals surface area contributed by atoms with E-state index >= 15 is 0 Å². The summed E-state index contributed by atoms with van der Waals surface area (Å²) in [6, 6.07) is 1.90. The van der Waals surface area contributed by atoms with Crippen molar-refractivity contribution in [2.75, 3.05) is 0 Å². The number of nitrogens with one attached hydrogen (secondary N) is 1. The second kappa shape index (κ2) is 4.32. The van der Waals surface area contributed by atoms with Crippen LogP contribution in [-0.4, -0.2) is 8.75 Å². The van der Waals surface area contributed by atoms with Crippen molar-refractivity contribution in [3.63, 3.8) is 0 Å². The Morgan fingerprint density at radius 3 is 3.14 bits per heavy atom. The van der Waals surface area contributed by atoms with E-state index < -0.39 is 0 Å². The molecule has 1 atom stereocenters. The maximum atomic E-state index is 5.44. The first-order chi connectivity index (χ1) is 6.90. The maximum absolute atomic E-state index is 5.44. The molecule has 0 saturated heterocycles. The SMILES string of the molecule is NNC(Cc1ccoc1)c1cnsn1. The number of hydrogen-bond donors (Lipinski definition) is 2. The van der Waals surface area contributed by atoms with Crippen LogP contribution >= 0.6 is 11.7 Å². The van der Waals surface area contributed by atoms with E-state index in [-0.39, 0.29) is 6.04 Å². The van der Waals surface area contributed by atoms with Crippen molar-refractivity contribution in [3.8, 4) is 0 Å². The first-order valence-corrected chi connectivity index (χ1v) is 4.88. The molecule has 3 N–H and O–H groups in total. The molecule has 1 unspecified atom stereocenters. The summed E-state index contributed by atoms with van der Waals surface area (Å²) in [7, 11) is 0. The molecule has 0 radical (unpaired) electrons. The van der Waals surface area contributed by atoms with Crippen LogP contribution < -0.4 is 11.3 Å². The highest BCUT2D eigenvalue weighted by Gasteiger charge is 2.13. The molecule has 0 aliphatic heterocycles. The van der Waals surface area contributed by atoms with E-state index in [1.54, 1.807) is 18.7 Å². The first-order valence-electron chi connectivity index (χ1n) is 4.15. The highest BCUT2D eigenvalue weighted by molar-refractivity contribution is 6.99. The average molecular weight is 210 g/mol. The van der Waals surface area contributed by atoms with Crippen LogP contribution in [0.1, 0.15) is 17.3 Å². The topological polar surface area (TPSA) is 77.0 Å². The number of rotatable bonds is 4. The number of aromatic nitrogens is 2. The van der Waals surface area contributed by atoms with E-state index in [0.717, 1.165) is 17.7 Å². The van der Waals surface area contributed by atoms with Crippen molar-refractivity contribution in [1.82, 2.24) is 14.2 Å². The Morgan fingerprint density at radius 1 is 1.64 bits per heavy atom. The molecule has 0 aliphatic carbocycles. The molecule has 14 heavy (non-hydrogen) atoms. The smallest absolute Gasteiger partial charge is 0.0935 e. The van der Waals surface area contributed by atoms with Gasteiger partial charge in [0.25, 0.3) is 0 Å². The van der Waals surface area contributed by atoms with E-state index in [2.05, 4.69) is 14.2 Å². The van der Waals surface area contributed by atoms with Crippen LogP contribution in [0.3, 0.4) is 0 Å². The van der Waals surface area contributed by atoms with E-state index in [0.29, 0.717) is 0 Å². The second-order valence-corrected chi connectivity index (χ2v) is 3.44. The minimum Gasteiger partial charge on any atom is -0.472 e. The zero-order valence-corrected chi connectivity index (χ0v) is 8.20. The number of furan rings is 1. The van der Waals surface area contributed by atoms with Crippen molar-refractivity contribution >= 4 is 11.7 Å². The molecular formula is C8H10N4OS. The molecule has 0 aliphatic rings. The molecule has 6 heteroatoms. The van der Waals surface area contributed by atoms with E-state index in [1.165, 1.54) is 11.7 Å². The lowest BCUT2D eigenvalue weighted by Gasteiger charge is -2.10. The lowest BCUT2D eigenvalue weighted by Crippen LogP contribution is -2.29. The minimum absolute atomic E-state index is 0.00801. The van der Waals surface area contributed by atoms with Crippen LogP contribution in [0.5, 0.6) is 0 Å². The Balaban J connectivity index is 2.08. The van der Waals surface area contributed by atoms with Gasteiger partial charge in [-0.15, -0.1) is 0 Å². The standard InChI is InChI=1S/C8H10N4OS/c9-11-7(8-4-10-14-12-8)3-6-1-2-13-5-6/h1-2,4-5,7,11H,3,9H2. The molecule has 5 nitrogen and oxygen atoms in total. The first kappa shape index (κ1) is 9.32. The number of hydrogen-bond acceptors (Lipinski definition) is 6. The van der Waals surface area contributed by atoms with Crippen LogP contribution in [0.4, 0.5) is 0 Å². The predicted molar refractivity (Wildman–Crippen MR) is 52.4 cm³/mol. The summed E-state index contributed by atoms with van der Waals surface area (Å²) in [4.78, 5) is 0. The maximum Gasteiger partial charge on any atom is 0.0935 e. The zero-order chi connectivity index (χ0) is 9.80. The molecular weight excluding hydrogens is 200 g/mol. The summed E-state index contributed by atoms with van der Waals surface area (Å²) in [6.07, 6.45) is 5.81. The van der Waals surface area contributed by atoms with Gasteiger partial charge in [0.05, 0.1) is 42.2 Å². The van der Waals surface area contributed by atoms with E-state index in [1.807, 2.05) is 6.07 Å². The highest BCUT2D eigenvalue weighted by Crippen LogP contribution is 2.15. The molecule has 74 valence electrons. The van der Waals surface area contributed by atoms with Gasteiger partial charge in [-0.25, -0.2) is 0 Å². The number of nitrogens with zero attached hydrogens (tertiary/aromatic N) is 2. The summed E-state index contributed by atoms with van der Waals surface area (Å²) >= 11 is 1.18. The van der Waals surface area contributed by atoms with Gasteiger partial charge in [-0.05, 0) is 18.1 Å². The summed E-state index contributed by atoms with van der Waals surface area (Å²) in [6.45, 7) is 0. The van der Waals surface area contributed by atoms with Crippen molar-refractivity contribution in [2.24, 2.45) is 5.84 Å². The Labute approximate surface area is 85.2 Å². The van der Waals surface area contributed by atoms with Crippen LogP contribution in [0.2, 0.25) is 0 Å². The largest absolute Gasteiger partial charge is 0.472 e. The predicted octanol–water partition coefficient (Wildman–Crippen LogP) is 0.878. The average Bonchev–Trinajstić information content (AvgIpc) is 2.86. The Morgan fingerprint density at radius 2 is 2.57 bits per heavy atom. The van der Waals surface area contributed by atoms with Crippen molar-refractivity contribution in [1.29, 1.82) is 0 Å². The molecule has 0 amide bonds. The molecule has 0 bridgehead atoms. The van der Waals surface area contributed by atoms with Gasteiger partial charge >= 0.3 is 0 Å². The molecule has 2 heterocycles. The van der Waals surface area contributed by atoms with Crippen molar-refractivity contribution in [3.05, 3.63) is 36.0 Å². The molecule has 2 aromatic rings. The van der Waals surface area contributed by atoms with Gasteiger partial charge in [0.15, 0.2) is 0 Å². The minimum atomic E-state index is -0.00801. The van der Waals surface area contributed by atoms with Gasteiger partial charge in [0, 0.05) is 0 Å². The van der Waals surface area contributed by atoms with E-state index in [9.17, 15) is 0 Å². The molecule has 0 aromatic carbocycles. The Hall–Kier alpha value is -1.24. The second-order valence-electron chi connectivity index (χ2n) is 2.89. The van der Waals surface area contributed by atoms with Gasteiger partial charge in [-0.2, -0.15) is 8.75 Å². The van der Waals surface area contributed by atoms with Crippen molar-refractivity contribution < 1.29 is 4.42 Å². The lowest BCUT2D eigenvalue weighted by atomic mass is 10.1. The van der Waals surface area contributed by atoms with Gasteiger partial charge in [-0.1, -0.05) is 0 Å². The van der Waals surface area contributed by atoms with E-state index in [4.69, 9.17) is 10.3 Å². The van der Waals surface area contributed by atoms with Crippen LogP contribution in [0.15, 0.2) is 29.2 Å². The van der Waals surface area contributed by atoms with Crippen molar-refractivity contribution in [2.45, 2.75) is 12.5 Å². The third-order valence-corrected chi connectivity index (χ3v) is 2.45. The molecule has 0 saturated carbocycles. The molecule has 0 spiro atoms.